The maximum Gasteiger partial charge on any atom is 0.234 e. The van der Waals surface area contributed by atoms with Crippen LogP contribution >= 0.6 is 11.6 Å². The highest BCUT2D eigenvalue weighted by atomic mass is 35.5. The average molecular weight is 373 g/mol. The van der Waals surface area contributed by atoms with Gasteiger partial charge in [0, 0.05) is 43.1 Å². The van der Waals surface area contributed by atoms with E-state index in [2.05, 4.69) is 33.5 Å². The zero-order valence-electron chi connectivity index (χ0n) is 15.0. The van der Waals surface area contributed by atoms with Gasteiger partial charge in [-0.2, -0.15) is 0 Å². The molecule has 5 nitrogen and oxygen atoms in total. The Morgan fingerprint density at radius 2 is 2.19 bits per heavy atom. The molecule has 138 valence electrons. The van der Waals surface area contributed by atoms with Crippen molar-refractivity contribution >= 4 is 17.5 Å². The number of amides is 1. The van der Waals surface area contributed by atoms with E-state index in [1.807, 2.05) is 36.5 Å². The topological polar surface area (TPSA) is 57.3 Å². The van der Waals surface area contributed by atoms with Crippen molar-refractivity contribution in [1.29, 1.82) is 0 Å². The minimum absolute atomic E-state index is 0.000441. The molecule has 1 aliphatic heterocycles. The van der Waals surface area contributed by atoms with Gasteiger partial charge in [0.25, 0.3) is 0 Å². The predicted octanol–water partition coefficient (Wildman–Crippen LogP) is 2.95. The Balaban J connectivity index is 1.64. The van der Waals surface area contributed by atoms with E-state index in [-0.39, 0.29) is 18.0 Å². The first-order valence-corrected chi connectivity index (χ1v) is 9.44. The van der Waals surface area contributed by atoms with Crippen LogP contribution in [0.2, 0.25) is 5.02 Å². The molecule has 2 N–H and O–H groups in total. The molecule has 1 amide bonds. The molecular weight excluding hydrogens is 348 g/mol. The molecule has 1 aromatic carbocycles. The van der Waals surface area contributed by atoms with Crippen molar-refractivity contribution in [2.24, 2.45) is 0 Å². The summed E-state index contributed by atoms with van der Waals surface area (Å²) in [6.45, 7) is 5.00. The molecule has 1 fully saturated rings. The largest absolute Gasteiger partial charge is 0.348 e. The quantitative estimate of drug-likeness (QED) is 0.818. The molecule has 0 radical (unpaired) electrons. The summed E-state index contributed by atoms with van der Waals surface area (Å²) in [5.74, 6) is 0.0441. The summed E-state index contributed by atoms with van der Waals surface area (Å²) in [6, 6.07) is 11.8. The van der Waals surface area contributed by atoms with Gasteiger partial charge < -0.3 is 10.6 Å². The molecule has 2 unspecified atom stereocenters. The highest BCUT2D eigenvalue weighted by Gasteiger charge is 2.26. The van der Waals surface area contributed by atoms with Crippen molar-refractivity contribution in [2.45, 2.75) is 25.4 Å². The minimum atomic E-state index is -0.000441. The first-order chi connectivity index (χ1) is 12.7. The molecule has 0 spiro atoms. The number of hydrogen-bond donors (Lipinski definition) is 2. The molecular formula is C20H25ClN4O. The van der Waals surface area contributed by atoms with Crippen LogP contribution in [-0.4, -0.2) is 42.0 Å². The lowest BCUT2D eigenvalue weighted by Gasteiger charge is -2.36. The molecule has 0 saturated carbocycles. The molecule has 26 heavy (non-hydrogen) atoms. The van der Waals surface area contributed by atoms with Crippen molar-refractivity contribution in [1.82, 2.24) is 20.5 Å². The fourth-order valence-corrected chi connectivity index (χ4v) is 3.50. The Hall–Kier alpha value is -1.95. The SMILES string of the molecule is CCC(NC(=O)CN1CCNCC1c1cccnc1)c1ccc(Cl)cc1. The number of hydrogen-bond acceptors (Lipinski definition) is 4. The summed E-state index contributed by atoms with van der Waals surface area (Å²) in [6.07, 6.45) is 4.49. The summed E-state index contributed by atoms with van der Waals surface area (Å²) in [5.41, 5.74) is 2.21. The number of nitrogens with one attached hydrogen (secondary N) is 2. The first-order valence-electron chi connectivity index (χ1n) is 9.07. The van der Waals surface area contributed by atoms with Crippen LogP contribution in [0.1, 0.15) is 36.6 Å². The van der Waals surface area contributed by atoms with Gasteiger partial charge >= 0.3 is 0 Å². The number of piperazine rings is 1. The summed E-state index contributed by atoms with van der Waals surface area (Å²) < 4.78 is 0. The standard InChI is InChI=1S/C20H25ClN4O/c1-2-18(15-5-7-17(21)8-6-15)24-20(26)14-25-11-10-23-13-19(25)16-4-3-9-22-12-16/h3-9,12,18-19,23H,2,10-11,13-14H2,1H3,(H,24,26). The maximum absolute atomic E-state index is 12.7. The molecule has 2 heterocycles. The molecule has 3 rings (SSSR count). The first kappa shape index (κ1) is 18.8. The molecule has 0 bridgehead atoms. The fraction of sp³-hybridized carbons (Fsp3) is 0.400. The van der Waals surface area contributed by atoms with Gasteiger partial charge in [-0.15, -0.1) is 0 Å². The van der Waals surface area contributed by atoms with Crippen molar-refractivity contribution in [3.05, 3.63) is 64.9 Å². The number of halogens is 1. The highest BCUT2D eigenvalue weighted by Crippen LogP contribution is 2.22. The van der Waals surface area contributed by atoms with Crippen molar-refractivity contribution in [3.63, 3.8) is 0 Å². The van der Waals surface area contributed by atoms with E-state index in [0.717, 1.165) is 37.2 Å². The van der Waals surface area contributed by atoms with Crippen LogP contribution in [0.3, 0.4) is 0 Å². The predicted molar refractivity (Wildman–Crippen MR) is 104 cm³/mol. The van der Waals surface area contributed by atoms with E-state index in [9.17, 15) is 4.79 Å². The Labute approximate surface area is 159 Å². The number of nitrogens with zero attached hydrogens (tertiary/aromatic N) is 2. The van der Waals surface area contributed by atoms with Gasteiger partial charge in [-0.1, -0.05) is 36.7 Å². The lowest BCUT2D eigenvalue weighted by Crippen LogP contribution is -2.49. The maximum atomic E-state index is 12.7. The van der Waals surface area contributed by atoms with Crippen molar-refractivity contribution in [3.8, 4) is 0 Å². The normalized spacial score (nSPS) is 19.1. The number of rotatable bonds is 6. The van der Waals surface area contributed by atoms with E-state index < -0.39 is 0 Å². The van der Waals surface area contributed by atoms with Crippen LogP contribution in [0.4, 0.5) is 0 Å². The third-order valence-corrected chi connectivity index (χ3v) is 5.04. The van der Waals surface area contributed by atoms with E-state index in [1.165, 1.54) is 0 Å². The molecule has 0 aliphatic carbocycles. The fourth-order valence-electron chi connectivity index (χ4n) is 3.38. The van der Waals surface area contributed by atoms with Gasteiger partial charge in [0.2, 0.25) is 5.91 Å². The third kappa shape index (κ3) is 4.81. The second-order valence-corrected chi connectivity index (χ2v) is 6.99. The van der Waals surface area contributed by atoms with Gasteiger partial charge in [0.1, 0.15) is 0 Å². The van der Waals surface area contributed by atoms with Crippen LogP contribution in [-0.2, 0) is 4.79 Å². The van der Waals surface area contributed by atoms with E-state index >= 15 is 0 Å². The monoisotopic (exact) mass is 372 g/mol. The van der Waals surface area contributed by atoms with Gasteiger partial charge in [-0.25, -0.2) is 0 Å². The van der Waals surface area contributed by atoms with Gasteiger partial charge in [-0.05, 0) is 35.7 Å². The van der Waals surface area contributed by atoms with Crippen LogP contribution in [0.5, 0.6) is 0 Å². The zero-order valence-corrected chi connectivity index (χ0v) is 15.7. The molecule has 1 saturated heterocycles. The lowest BCUT2D eigenvalue weighted by atomic mass is 10.0. The Kier molecular flexibility index (Phi) is 6.61. The Morgan fingerprint density at radius 1 is 1.38 bits per heavy atom. The summed E-state index contributed by atoms with van der Waals surface area (Å²) in [7, 11) is 0. The number of aromatic nitrogens is 1. The lowest BCUT2D eigenvalue weighted by molar-refractivity contribution is -0.123. The average Bonchev–Trinajstić information content (AvgIpc) is 2.68. The van der Waals surface area contributed by atoms with E-state index in [4.69, 9.17) is 11.6 Å². The van der Waals surface area contributed by atoms with Gasteiger partial charge in [0.05, 0.1) is 12.6 Å². The minimum Gasteiger partial charge on any atom is -0.348 e. The second kappa shape index (κ2) is 9.12. The van der Waals surface area contributed by atoms with Crippen LogP contribution < -0.4 is 10.6 Å². The van der Waals surface area contributed by atoms with E-state index in [1.54, 1.807) is 6.20 Å². The number of benzene rings is 1. The molecule has 2 atom stereocenters. The van der Waals surface area contributed by atoms with Gasteiger partial charge in [0.15, 0.2) is 0 Å². The van der Waals surface area contributed by atoms with Crippen molar-refractivity contribution in [2.75, 3.05) is 26.2 Å². The molecule has 6 heteroatoms. The number of pyridine rings is 1. The third-order valence-electron chi connectivity index (χ3n) is 4.79. The summed E-state index contributed by atoms with van der Waals surface area (Å²) in [5, 5.41) is 7.27. The smallest absolute Gasteiger partial charge is 0.234 e. The Morgan fingerprint density at radius 3 is 2.88 bits per heavy atom. The van der Waals surface area contributed by atoms with Crippen LogP contribution in [0.25, 0.3) is 0 Å². The van der Waals surface area contributed by atoms with Crippen LogP contribution in [0, 0.1) is 0 Å². The molecule has 1 aliphatic rings. The molecule has 2 aromatic rings. The number of carbonyl (C=O) groups excluding carboxylic acids is 1. The summed E-state index contributed by atoms with van der Waals surface area (Å²) in [4.78, 5) is 19.1. The van der Waals surface area contributed by atoms with Crippen LogP contribution in [0.15, 0.2) is 48.8 Å². The molecule has 1 aromatic heterocycles. The second-order valence-electron chi connectivity index (χ2n) is 6.56. The van der Waals surface area contributed by atoms with E-state index in [0.29, 0.717) is 11.6 Å². The highest BCUT2D eigenvalue weighted by molar-refractivity contribution is 6.30. The number of carbonyl (C=O) groups is 1. The zero-order chi connectivity index (χ0) is 18.4. The Bertz CT molecular complexity index is 708. The summed E-state index contributed by atoms with van der Waals surface area (Å²) >= 11 is 5.96. The van der Waals surface area contributed by atoms with Gasteiger partial charge in [-0.3, -0.25) is 14.7 Å². The van der Waals surface area contributed by atoms with Crippen molar-refractivity contribution < 1.29 is 4.79 Å².